The van der Waals surface area contributed by atoms with Gasteiger partial charge in [-0.3, -0.25) is 0 Å². The number of nitrogens with one attached hydrogen (secondary N) is 1. The molecule has 0 saturated carbocycles. The Morgan fingerprint density at radius 1 is 1.25 bits per heavy atom. The van der Waals surface area contributed by atoms with Crippen LogP contribution in [-0.4, -0.2) is 30.1 Å². The molecule has 1 rings (SSSR count). The molecule has 5 nitrogen and oxygen atoms in total. The zero-order valence-corrected chi connectivity index (χ0v) is 9.98. The van der Waals surface area contributed by atoms with E-state index in [0.29, 0.717) is 0 Å². The number of rotatable bonds is 4. The van der Waals surface area contributed by atoms with E-state index in [0.717, 1.165) is 6.67 Å². The van der Waals surface area contributed by atoms with Crippen molar-refractivity contribution in [2.45, 2.75) is 26.2 Å². The highest BCUT2D eigenvalue weighted by Crippen LogP contribution is 2.05. The van der Waals surface area contributed by atoms with Crippen molar-refractivity contribution in [3.63, 3.8) is 0 Å². The van der Waals surface area contributed by atoms with Gasteiger partial charge in [0.25, 0.3) is 0 Å². The Morgan fingerprint density at radius 3 is 2.31 bits per heavy atom. The summed E-state index contributed by atoms with van der Waals surface area (Å²) in [4.78, 5) is 4.56. The van der Waals surface area contributed by atoms with Crippen LogP contribution in [0, 0.1) is 22.9 Å². The molecular weight excluding hydrogens is 202 g/mol. The van der Waals surface area contributed by atoms with Gasteiger partial charge in [-0.1, -0.05) is 19.8 Å². The average molecular weight is 221 g/mol. The zero-order valence-electron chi connectivity index (χ0n) is 9.98. The average Bonchev–Trinajstić information content (AvgIpc) is 2.67. The highest BCUT2D eigenvalue weighted by atomic mass is 15.3. The largest absolute Gasteiger partial charge is 0.362 e. The molecule has 0 aliphatic carbocycles. The van der Waals surface area contributed by atoms with Crippen molar-refractivity contribution in [1.82, 2.24) is 15.1 Å². The maximum atomic E-state index is 7.48. The fraction of sp³-hybridized carbons (Fsp3) is 0.636. The van der Waals surface area contributed by atoms with Crippen LogP contribution < -0.4 is 5.32 Å². The van der Waals surface area contributed by atoms with Crippen molar-refractivity contribution in [3.05, 3.63) is 12.4 Å². The molecule has 88 valence electrons. The number of unbranched alkanes of at least 4 members (excludes halogenated alkanes) is 2. The third-order valence-corrected chi connectivity index (χ3v) is 2.10. The van der Waals surface area contributed by atoms with Crippen LogP contribution >= 0.6 is 0 Å². The molecule has 0 spiro atoms. The second-order valence-electron chi connectivity index (χ2n) is 3.56. The summed E-state index contributed by atoms with van der Waals surface area (Å²) in [6, 6.07) is 0. The third-order valence-electron chi connectivity index (χ3n) is 2.10. The molecule has 1 aliphatic rings. The van der Waals surface area contributed by atoms with E-state index in [9.17, 15) is 0 Å². The highest BCUT2D eigenvalue weighted by molar-refractivity contribution is 4.88. The predicted octanol–water partition coefficient (Wildman–Crippen LogP) is 1.39. The molecule has 0 unspecified atom stereocenters. The van der Waals surface area contributed by atoms with Crippen LogP contribution in [-0.2, 0) is 0 Å². The molecular formula is C11H19N5. The van der Waals surface area contributed by atoms with Crippen molar-refractivity contribution in [2.24, 2.45) is 0 Å². The fourth-order valence-corrected chi connectivity index (χ4v) is 1.32. The van der Waals surface area contributed by atoms with Gasteiger partial charge in [-0.05, 0) is 6.42 Å². The summed E-state index contributed by atoms with van der Waals surface area (Å²) in [6.45, 7) is 4.53. The summed E-state index contributed by atoms with van der Waals surface area (Å²) in [6.07, 6.45) is 11.1. The monoisotopic (exact) mass is 221 g/mol. The lowest BCUT2D eigenvalue weighted by Crippen LogP contribution is -2.23. The van der Waals surface area contributed by atoms with Gasteiger partial charge in [0.15, 0.2) is 12.4 Å². The topological polar surface area (TPSA) is 66.1 Å². The van der Waals surface area contributed by atoms with Crippen molar-refractivity contribution in [2.75, 3.05) is 20.3 Å². The van der Waals surface area contributed by atoms with E-state index in [1.54, 1.807) is 5.32 Å². The number of nitriles is 2. The molecule has 0 atom stereocenters. The van der Waals surface area contributed by atoms with Crippen molar-refractivity contribution in [3.8, 4) is 12.4 Å². The molecule has 16 heavy (non-hydrogen) atoms. The lowest BCUT2D eigenvalue weighted by molar-refractivity contribution is 0.291. The highest BCUT2D eigenvalue weighted by Gasteiger charge is 2.06. The molecule has 1 heterocycles. The van der Waals surface area contributed by atoms with E-state index in [4.69, 9.17) is 10.5 Å². The Morgan fingerprint density at radius 2 is 1.94 bits per heavy atom. The molecule has 0 aromatic rings. The summed E-state index contributed by atoms with van der Waals surface area (Å²) in [5.74, 6) is 0. The molecule has 0 fully saturated rings. The number of hydrogen-bond acceptors (Lipinski definition) is 5. The summed E-state index contributed by atoms with van der Waals surface area (Å²) in [5, 5.41) is 16.7. The van der Waals surface area contributed by atoms with Crippen LogP contribution in [0.3, 0.4) is 0 Å². The molecule has 0 saturated heterocycles. The quantitative estimate of drug-likeness (QED) is 0.441. The predicted molar refractivity (Wildman–Crippen MR) is 62.4 cm³/mol. The molecule has 1 N–H and O–H groups in total. The second-order valence-corrected chi connectivity index (χ2v) is 3.56. The van der Waals surface area contributed by atoms with E-state index in [1.807, 2.05) is 0 Å². The smallest absolute Gasteiger partial charge is 0.190 e. The molecule has 1 aliphatic heterocycles. The maximum absolute atomic E-state index is 7.48. The lowest BCUT2D eigenvalue weighted by Gasteiger charge is -2.17. The number of nitrogens with zero attached hydrogens (tertiary/aromatic N) is 4. The van der Waals surface area contributed by atoms with Gasteiger partial charge in [0.1, 0.15) is 0 Å². The van der Waals surface area contributed by atoms with E-state index >= 15 is 0 Å². The van der Waals surface area contributed by atoms with Gasteiger partial charge in [0, 0.05) is 26.0 Å². The SMILES string of the molecule is CCCCCN1C=CN(C)C1.N#CNC#N. The Bertz CT molecular complexity index is 261. The first kappa shape index (κ1) is 14.1. The van der Waals surface area contributed by atoms with E-state index in [1.165, 1.54) is 38.2 Å². The maximum Gasteiger partial charge on any atom is 0.190 e. The fourth-order valence-electron chi connectivity index (χ4n) is 1.32. The van der Waals surface area contributed by atoms with E-state index in [2.05, 4.69) is 36.2 Å². The Labute approximate surface area is 97.6 Å². The van der Waals surface area contributed by atoms with Gasteiger partial charge < -0.3 is 9.80 Å². The molecule has 0 aromatic carbocycles. The Hall–Kier alpha value is -1.88. The lowest BCUT2D eigenvalue weighted by atomic mass is 10.2. The van der Waals surface area contributed by atoms with Crippen LogP contribution in [0.2, 0.25) is 0 Å². The normalized spacial score (nSPS) is 12.5. The van der Waals surface area contributed by atoms with E-state index < -0.39 is 0 Å². The summed E-state index contributed by atoms with van der Waals surface area (Å²) in [7, 11) is 2.11. The minimum atomic E-state index is 1.07. The number of hydrogen-bond donors (Lipinski definition) is 1. The summed E-state index contributed by atoms with van der Waals surface area (Å²) < 4.78 is 0. The molecule has 0 amide bonds. The van der Waals surface area contributed by atoms with Crippen LogP contribution in [0.5, 0.6) is 0 Å². The van der Waals surface area contributed by atoms with Gasteiger partial charge in [-0.15, -0.1) is 0 Å². The van der Waals surface area contributed by atoms with Crippen molar-refractivity contribution < 1.29 is 0 Å². The summed E-state index contributed by atoms with van der Waals surface area (Å²) in [5.41, 5.74) is 0. The van der Waals surface area contributed by atoms with Gasteiger partial charge in [0.05, 0.1) is 6.67 Å². The van der Waals surface area contributed by atoms with Crippen molar-refractivity contribution in [1.29, 1.82) is 10.5 Å². The molecule has 0 aromatic heterocycles. The minimum absolute atomic E-state index is 1.07. The Kier molecular flexibility index (Phi) is 8.53. The third kappa shape index (κ3) is 7.52. The summed E-state index contributed by atoms with van der Waals surface area (Å²) >= 11 is 0. The van der Waals surface area contributed by atoms with Crippen LogP contribution in [0.4, 0.5) is 0 Å². The standard InChI is InChI=1S/C9H18N2.C2HN3/c1-3-4-5-6-11-8-7-10(2)9-11;3-1-5-2-4/h7-8H,3-6,9H2,1-2H3;5H. The van der Waals surface area contributed by atoms with Crippen LogP contribution in [0.15, 0.2) is 12.4 Å². The Balaban J connectivity index is 0.000000385. The van der Waals surface area contributed by atoms with Crippen molar-refractivity contribution >= 4 is 0 Å². The van der Waals surface area contributed by atoms with Gasteiger partial charge in [-0.25, -0.2) is 5.32 Å². The molecule has 0 radical (unpaired) electrons. The zero-order chi connectivity index (χ0) is 12.2. The molecule has 5 heteroatoms. The van der Waals surface area contributed by atoms with Crippen LogP contribution in [0.25, 0.3) is 0 Å². The molecule has 0 bridgehead atoms. The first-order chi connectivity index (χ1) is 7.74. The first-order valence-corrected chi connectivity index (χ1v) is 5.40. The minimum Gasteiger partial charge on any atom is -0.362 e. The van der Waals surface area contributed by atoms with Crippen LogP contribution in [0.1, 0.15) is 26.2 Å². The second kappa shape index (κ2) is 9.67. The van der Waals surface area contributed by atoms with Gasteiger partial charge >= 0.3 is 0 Å². The van der Waals surface area contributed by atoms with Gasteiger partial charge in [-0.2, -0.15) is 10.5 Å². The first-order valence-electron chi connectivity index (χ1n) is 5.40. The van der Waals surface area contributed by atoms with Gasteiger partial charge in [0.2, 0.25) is 0 Å². The van der Waals surface area contributed by atoms with E-state index in [-0.39, 0.29) is 0 Å².